The Morgan fingerprint density at radius 2 is 1.70 bits per heavy atom. The maximum Gasteiger partial charge on any atom is 0.123 e. The van der Waals surface area contributed by atoms with Crippen LogP contribution in [0.4, 0.5) is 0 Å². The predicted molar refractivity (Wildman–Crippen MR) is 92.5 cm³/mol. The van der Waals surface area contributed by atoms with Gasteiger partial charge >= 0.3 is 0 Å². The van der Waals surface area contributed by atoms with Gasteiger partial charge in [0.25, 0.3) is 0 Å². The smallest absolute Gasteiger partial charge is 0.123 e. The summed E-state index contributed by atoms with van der Waals surface area (Å²) in [6.07, 6.45) is 4.89. The van der Waals surface area contributed by atoms with Gasteiger partial charge in [0.15, 0.2) is 0 Å². The molecule has 0 bridgehead atoms. The summed E-state index contributed by atoms with van der Waals surface area (Å²) in [5, 5.41) is 19.3. The number of phenols is 2. The molecule has 2 aromatic carbocycles. The number of hydrogen-bond acceptors (Lipinski definition) is 3. The standard InChI is InChI=1S/C20H25NO2/c22-19-9-8-18(20(23)14-19)15-21-12-10-17(11-13-21)7-6-16-4-2-1-3-5-16/h1-5,8-9,14,17,22-23H,6-7,10-13,15H2. The number of rotatable bonds is 5. The summed E-state index contributed by atoms with van der Waals surface area (Å²) in [7, 11) is 0. The van der Waals surface area contributed by atoms with Gasteiger partial charge in [-0.1, -0.05) is 36.4 Å². The van der Waals surface area contributed by atoms with Crippen LogP contribution in [0.25, 0.3) is 0 Å². The van der Waals surface area contributed by atoms with Gasteiger partial charge in [0.2, 0.25) is 0 Å². The van der Waals surface area contributed by atoms with Crippen LogP contribution in [0.1, 0.15) is 30.4 Å². The van der Waals surface area contributed by atoms with E-state index >= 15 is 0 Å². The fourth-order valence-corrected chi connectivity index (χ4v) is 3.38. The summed E-state index contributed by atoms with van der Waals surface area (Å²) in [4.78, 5) is 2.39. The number of nitrogens with zero attached hydrogens (tertiary/aromatic N) is 1. The van der Waals surface area contributed by atoms with E-state index in [0.29, 0.717) is 0 Å². The van der Waals surface area contributed by atoms with Crippen LogP contribution in [0.3, 0.4) is 0 Å². The molecule has 0 aromatic heterocycles. The van der Waals surface area contributed by atoms with Crippen molar-refractivity contribution in [3.05, 3.63) is 59.7 Å². The lowest BCUT2D eigenvalue weighted by atomic mass is 9.90. The van der Waals surface area contributed by atoms with Gasteiger partial charge in [-0.05, 0) is 56.3 Å². The highest BCUT2D eigenvalue weighted by Gasteiger charge is 2.19. The van der Waals surface area contributed by atoms with Crippen molar-refractivity contribution in [1.82, 2.24) is 4.90 Å². The second kappa shape index (κ2) is 7.51. The van der Waals surface area contributed by atoms with E-state index < -0.39 is 0 Å². The first-order chi connectivity index (χ1) is 11.2. The molecule has 0 saturated carbocycles. The molecule has 3 rings (SSSR count). The van der Waals surface area contributed by atoms with Crippen molar-refractivity contribution in [2.45, 2.75) is 32.2 Å². The molecular formula is C20H25NO2. The molecule has 2 N–H and O–H groups in total. The summed E-state index contributed by atoms with van der Waals surface area (Å²) in [6.45, 7) is 2.93. The molecule has 3 heteroatoms. The lowest BCUT2D eigenvalue weighted by Crippen LogP contribution is -2.33. The van der Waals surface area contributed by atoms with Crippen molar-refractivity contribution in [1.29, 1.82) is 0 Å². The van der Waals surface area contributed by atoms with Gasteiger partial charge in [-0.15, -0.1) is 0 Å². The highest BCUT2D eigenvalue weighted by molar-refractivity contribution is 5.38. The Hall–Kier alpha value is -2.00. The Balaban J connectivity index is 1.45. The van der Waals surface area contributed by atoms with Crippen molar-refractivity contribution >= 4 is 0 Å². The van der Waals surface area contributed by atoms with Crippen molar-refractivity contribution in [3.8, 4) is 11.5 Å². The molecule has 0 radical (unpaired) electrons. The topological polar surface area (TPSA) is 43.7 Å². The van der Waals surface area contributed by atoms with Crippen LogP contribution < -0.4 is 0 Å². The Bertz CT molecular complexity index is 619. The molecule has 0 unspecified atom stereocenters. The number of aromatic hydroxyl groups is 2. The van der Waals surface area contributed by atoms with Crippen molar-refractivity contribution in [2.75, 3.05) is 13.1 Å². The van der Waals surface area contributed by atoms with Crippen LogP contribution in [0, 0.1) is 5.92 Å². The quantitative estimate of drug-likeness (QED) is 0.879. The maximum atomic E-state index is 9.90. The highest BCUT2D eigenvalue weighted by Crippen LogP contribution is 2.27. The minimum absolute atomic E-state index is 0.117. The summed E-state index contributed by atoms with van der Waals surface area (Å²) < 4.78 is 0. The highest BCUT2D eigenvalue weighted by atomic mass is 16.3. The van der Waals surface area contributed by atoms with Gasteiger partial charge in [-0.2, -0.15) is 0 Å². The van der Waals surface area contributed by atoms with Crippen LogP contribution in [0.2, 0.25) is 0 Å². The van der Waals surface area contributed by atoms with Gasteiger partial charge < -0.3 is 10.2 Å². The monoisotopic (exact) mass is 311 g/mol. The van der Waals surface area contributed by atoms with E-state index in [-0.39, 0.29) is 11.5 Å². The largest absolute Gasteiger partial charge is 0.508 e. The molecule has 2 aromatic rings. The van der Waals surface area contributed by atoms with E-state index in [9.17, 15) is 10.2 Å². The molecule has 23 heavy (non-hydrogen) atoms. The zero-order valence-corrected chi connectivity index (χ0v) is 13.5. The van der Waals surface area contributed by atoms with Gasteiger partial charge in [0.05, 0.1) is 0 Å². The number of likely N-dealkylation sites (tertiary alicyclic amines) is 1. The van der Waals surface area contributed by atoms with Crippen molar-refractivity contribution in [2.24, 2.45) is 5.92 Å². The molecule has 1 heterocycles. The van der Waals surface area contributed by atoms with Crippen molar-refractivity contribution in [3.63, 3.8) is 0 Å². The number of hydrogen-bond donors (Lipinski definition) is 2. The van der Waals surface area contributed by atoms with E-state index in [1.54, 1.807) is 6.07 Å². The van der Waals surface area contributed by atoms with E-state index in [1.165, 1.54) is 37.3 Å². The third-order valence-corrected chi connectivity index (χ3v) is 4.85. The van der Waals surface area contributed by atoms with Crippen LogP contribution >= 0.6 is 0 Å². The third-order valence-electron chi connectivity index (χ3n) is 4.85. The molecule has 0 amide bonds. The van der Waals surface area contributed by atoms with Crippen LogP contribution in [-0.2, 0) is 13.0 Å². The molecule has 0 atom stereocenters. The minimum Gasteiger partial charge on any atom is -0.508 e. The molecule has 0 aliphatic carbocycles. The summed E-state index contributed by atoms with van der Waals surface area (Å²) in [6, 6.07) is 15.6. The Kier molecular flexibility index (Phi) is 5.19. The van der Waals surface area contributed by atoms with Crippen LogP contribution in [0.15, 0.2) is 48.5 Å². The first-order valence-corrected chi connectivity index (χ1v) is 8.48. The van der Waals surface area contributed by atoms with Gasteiger partial charge in [-0.25, -0.2) is 0 Å². The van der Waals surface area contributed by atoms with Crippen LogP contribution in [-0.4, -0.2) is 28.2 Å². The third kappa shape index (κ3) is 4.49. The van der Waals surface area contributed by atoms with Gasteiger partial charge in [0, 0.05) is 18.2 Å². The lowest BCUT2D eigenvalue weighted by Gasteiger charge is -2.32. The number of benzene rings is 2. The zero-order valence-electron chi connectivity index (χ0n) is 13.5. The Labute approximate surface area is 138 Å². The average molecular weight is 311 g/mol. The zero-order chi connectivity index (χ0) is 16.1. The summed E-state index contributed by atoms with van der Waals surface area (Å²) in [5.41, 5.74) is 2.33. The Morgan fingerprint density at radius 1 is 0.957 bits per heavy atom. The molecule has 1 saturated heterocycles. The molecular weight excluding hydrogens is 286 g/mol. The van der Waals surface area contributed by atoms with E-state index in [2.05, 4.69) is 35.2 Å². The molecule has 1 aliphatic heterocycles. The number of phenolic OH excluding ortho intramolecular Hbond substituents is 2. The van der Waals surface area contributed by atoms with Gasteiger partial charge in [-0.3, -0.25) is 4.90 Å². The first-order valence-electron chi connectivity index (χ1n) is 8.48. The molecule has 1 fully saturated rings. The SMILES string of the molecule is Oc1ccc(CN2CCC(CCc3ccccc3)CC2)c(O)c1. The normalized spacial score (nSPS) is 16.5. The minimum atomic E-state index is 0.117. The second-order valence-corrected chi connectivity index (χ2v) is 6.56. The van der Waals surface area contributed by atoms with Crippen LogP contribution in [0.5, 0.6) is 11.5 Å². The van der Waals surface area contributed by atoms with Crippen molar-refractivity contribution < 1.29 is 10.2 Å². The Morgan fingerprint density at radius 3 is 2.39 bits per heavy atom. The molecule has 1 aliphatic rings. The molecule has 0 spiro atoms. The second-order valence-electron chi connectivity index (χ2n) is 6.56. The summed E-state index contributed by atoms with van der Waals surface area (Å²) >= 11 is 0. The molecule has 122 valence electrons. The number of piperidine rings is 1. The van der Waals surface area contributed by atoms with Gasteiger partial charge in [0.1, 0.15) is 11.5 Å². The van der Waals surface area contributed by atoms with E-state index in [0.717, 1.165) is 31.1 Å². The predicted octanol–water partition coefficient (Wildman–Crippen LogP) is 3.94. The molecule has 3 nitrogen and oxygen atoms in total. The summed E-state index contributed by atoms with van der Waals surface area (Å²) in [5.74, 6) is 1.11. The van der Waals surface area contributed by atoms with E-state index in [4.69, 9.17) is 0 Å². The number of aryl methyl sites for hydroxylation is 1. The fraction of sp³-hybridized carbons (Fsp3) is 0.400. The fourth-order valence-electron chi connectivity index (χ4n) is 3.38. The lowest BCUT2D eigenvalue weighted by molar-refractivity contribution is 0.171. The maximum absolute atomic E-state index is 9.90. The van der Waals surface area contributed by atoms with E-state index in [1.807, 2.05) is 6.07 Å². The first kappa shape index (κ1) is 15.9. The average Bonchev–Trinajstić information content (AvgIpc) is 2.58.